The summed E-state index contributed by atoms with van der Waals surface area (Å²) in [6.07, 6.45) is 1.24. The number of hydrogen-bond acceptors (Lipinski definition) is 4. The van der Waals surface area contributed by atoms with Crippen LogP contribution in [0.2, 0.25) is 0 Å². The van der Waals surface area contributed by atoms with Crippen LogP contribution in [0.4, 0.5) is 0 Å². The Hall–Kier alpha value is -0.950. The molecule has 1 heterocycles. The minimum Gasteiger partial charge on any atom is -0.310 e. The largest absolute Gasteiger partial charge is 0.310 e. The van der Waals surface area contributed by atoms with E-state index < -0.39 is 10.0 Å². The van der Waals surface area contributed by atoms with Gasteiger partial charge in [0.15, 0.2) is 0 Å². The van der Waals surface area contributed by atoms with Crippen LogP contribution in [-0.2, 0) is 10.0 Å². The average molecular weight is 297 g/mol. The molecule has 0 bridgehead atoms. The smallest absolute Gasteiger partial charge is 0.238 e. The normalized spacial score (nSPS) is 22.1. The van der Waals surface area contributed by atoms with Crippen molar-refractivity contribution < 1.29 is 8.42 Å². The van der Waals surface area contributed by atoms with Crippen LogP contribution < -0.4 is 10.5 Å². The quantitative estimate of drug-likeness (QED) is 0.848. The Bertz CT molecular complexity index is 542. The highest BCUT2D eigenvalue weighted by Crippen LogP contribution is 2.18. The van der Waals surface area contributed by atoms with Gasteiger partial charge in [0, 0.05) is 12.6 Å². The van der Waals surface area contributed by atoms with E-state index in [0.29, 0.717) is 5.92 Å². The lowest BCUT2D eigenvalue weighted by molar-refractivity contribution is 0.382. The Labute approximate surface area is 121 Å². The molecular formula is C14H23N3O2S. The zero-order chi connectivity index (χ0) is 14.8. The monoisotopic (exact) mass is 297 g/mol. The summed E-state index contributed by atoms with van der Waals surface area (Å²) in [6.45, 7) is 5.39. The molecule has 2 rings (SSSR count). The van der Waals surface area contributed by atoms with Gasteiger partial charge in [-0.25, -0.2) is 13.6 Å². The van der Waals surface area contributed by atoms with E-state index in [4.69, 9.17) is 5.14 Å². The zero-order valence-electron chi connectivity index (χ0n) is 12.0. The van der Waals surface area contributed by atoms with Crippen LogP contribution in [0.15, 0.2) is 29.2 Å². The molecule has 0 spiro atoms. The topological polar surface area (TPSA) is 75.4 Å². The fraction of sp³-hybridized carbons (Fsp3) is 0.571. The second kappa shape index (κ2) is 6.22. The molecule has 6 heteroatoms. The van der Waals surface area contributed by atoms with E-state index in [0.717, 1.165) is 18.7 Å². The van der Waals surface area contributed by atoms with Crippen LogP contribution >= 0.6 is 0 Å². The molecule has 2 atom stereocenters. The highest BCUT2D eigenvalue weighted by Gasteiger charge is 2.19. The summed E-state index contributed by atoms with van der Waals surface area (Å²) in [7, 11) is -1.45. The van der Waals surface area contributed by atoms with Gasteiger partial charge in [0.2, 0.25) is 10.0 Å². The molecule has 0 aliphatic carbocycles. The molecule has 1 saturated heterocycles. The van der Waals surface area contributed by atoms with Gasteiger partial charge in [-0.2, -0.15) is 0 Å². The van der Waals surface area contributed by atoms with Crippen molar-refractivity contribution in [2.75, 3.05) is 26.7 Å². The maximum Gasteiger partial charge on any atom is 0.238 e. The van der Waals surface area contributed by atoms with Gasteiger partial charge in [0.05, 0.1) is 4.90 Å². The Morgan fingerprint density at radius 2 is 2.05 bits per heavy atom. The number of rotatable bonds is 5. The molecule has 1 aliphatic rings. The van der Waals surface area contributed by atoms with E-state index >= 15 is 0 Å². The number of primary sulfonamides is 1. The van der Waals surface area contributed by atoms with E-state index in [1.165, 1.54) is 13.0 Å². The highest BCUT2D eigenvalue weighted by atomic mass is 32.2. The molecule has 1 aromatic carbocycles. The molecule has 20 heavy (non-hydrogen) atoms. The number of likely N-dealkylation sites (tertiary alicyclic amines) is 1. The van der Waals surface area contributed by atoms with Crippen LogP contribution in [0.5, 0.6) is 0 Å². The molecule has 0 radical (unpaired) electrons. The van der Waals surface area contributed by atoms with Crippen molar-refractivity contribution in [1.29, 1.82) is 0 Å². The number of nitrogens with two attached hydrogens (primary N) is 1. The Morgan fingerprint density at radius 3 is 2.55 bits per heavy atom. The van der Waals surface area contributed by atoms with Crippen molar-refractivity contribution in [2.24, 2.45) is 11.1 Å². The lowest BCUT2D eigenvalue weighted by Gasteiger charge is -2.18. The molecule has 0 amide bonds. The molecule has 3 N–H and O–H groups in total. The third kappa shape index (κ3) is 4.02. The standard InChI is InChI=1S/C14H23N3O2S/c1-11(16-9-12-7-8-17(2)10-12)13-3-5-14(6-4-13)20(15,18)19/h3-6,11-12,16H,7-10H2,1-2H3,(H2,15,18,19). The number of nitrogens with one attached hydrogen (secondary N) is 1. The van der Waals surface area contributed by atoms with Gasteiger partial charge in [-0.3, -0.25) is 0 Å². The number of benzene rings is 1. The van der Waals surface area contributed by atoms with Crippen molar-refractivity contribution in [3.8, 4) is 0 Å². The van der Waals surface area contributed by atoms with Crippen molar-refractivity contribution in [1.82, 2.24) is 10.2 Å². The summed E-state index contributed by atoms with van der Waals surface area (Å²) in [5.41, 5.74) is 1.07. The van der Waals surface area contributed by atoms with Crippen LogP contribution in [0.3, 0.4) is 0 Å². The van der Waals surface area contributed by atoms with Crippen molar-refractivity contribution in [3.63, 3.8) is 0 Å². The van der Waals surface area contributed by atoms with Crippen molar-refractivity contribution in [2.45, 2.75) is 24.3 Å². The van der Waals surface area contributed by atoms with Gasteiger partial charge in [-0.15, -0.1) is 0 Å². The van der Waals surface area contributed by atoms with Crippen LogP contribution in [0.1, 0.15) is 24.9 Å². The summed E-state index contributed by atoms with van der Waals surface area (Å²) in [5.74, 6) is 0.700. The molecule has 1 aromatic rings. The summed E-state index contributed by atoms with van der Waals surface area (Å²) >= 11 is 0. The first-order valence-corrected chi connectivity index (χ1v) is 8.45. The lowest BCUT2D eigenvalue weighted by Crippen LogP contribution is -2.27. The predicted molar refractivity (Wildman–Crippen MR) is 79.8 cm³/mol. The highest BCUT2D eigenvalue weighted by molar-refractivity contribution is 7.89. The molecular weight excluding hydrogens is 274 g/mol. The van der Waals surface area contributed by atoms with Gasteiger partial charge in [-0.05, 0) is 57.1 Å². The van der Waals surface area contributed by atoms with Gasteiger partial charge in [0.1, 0.15) is 0 Å². The van der Waals surface area contributed by atoms with Gasteiger partial charge in [-0.1, -0.05) is 12.1 Å². The third-order valence-corrected chi connectivity index (χ3v) is 4.84. The van der Waals surface area contributed by atoms with Crippen LogP contribution in [0.25, 0.3) is 0 Å². The van der Waals surface area contributed by atoms with Crippen LogP contribution in [0, 0.1) is 5.92 Å². The first-order chi connectivity index (χ1) is 9.36. The molecule has 5 nitrogen and oxygen atoms in total. The summed E-state index contributed by atoms with van der Waals surface area (Å²) in [5, 5.41) is 8.60. The van der Waals surface area contributed by atoms with Crippen molar-refractivity contribution in [3.05, 3.63) is 29.8 Å². The molecule has 1 fully saturated rings. The van der Waals surface area contributed by atoms with E-state index in [9.17, 15) is 8.42 Å². The van der Waals surface area contributed by atoms with E-state index in [1.54, 1.807) is 12.1 Å². The number of hydrogen-bond donors (Lipinski definition) is 2. The lowest BCUT2D eigenvalue weighted by atomic mass is 10.1. The molecule has 1 aliphatic heterocycles. The van der Waals surface area contributed by atoms with Crippen LogP contribution in [-0.4, -0.2) is 40.0 Å². The molecule has 2 unspecified atom stereocenters. The fourth-order valence-corrected chi connectivity index (χ4v) is 3.12. The predicted octanol–water partition coefficient (Wildman–Crippen LogP) is 0.936. The first-order valence-electron chi connectivity index (χ1n) is 6.91. The average Bonchev–Trinajstić information content (AvgIpc) is 2.81. The maximum atomic E-state index is 11.2. The molecule has 0 saturated carbocycles. The third-order valence-electron chi connectivity index (χ3n) is 3.91. The van der Waals surface area contributed by atoms with Gasteiger partial charge < -0.3 is 10.2 Å². The summed E-state index contributed by atoms with van der Waals surface area (Å²) in [4.78, 5) is 2.50. The van der Waals surface area contributed by atoms with Gasteiger partial charge >= 0.3 is 0 Å². The SMILES string of the molecule is CC(NCC1CCN(C)C1)c1ccc(S(N)(=O)=O)cc1. The zero-order valence-corrected chi connectivity index (χ0v) is 12.9. The van der Waals surface area contributed by atoms with Crippen molar-refractivity contribution >= 4 is 10.0 Å². The molecule has 112 valence electrons. The fourth-order valence-electron chi connectivity index (χ4n) is 2.60. The number of nitrogens with zero attached hydrogens (tertiary/aromatic N) is 1. The van der Waals surface area contributed by atoms with E-state index in [1.807, 2.05) is 12.1 Å². The Morgan fingerprint density at radius 1 is 1.40 bits per heavy atom. The maximum absolute atomic E-state index is 11.2. The minimum absolute atomic E-state index is 0.158. The first kappa shape index (κ1) is 15.4. The Kier molecular flexibility index (Phi) is 4.80. The minimum atomic E-state index is -3.60. The Balaban J connectivity index is 1.91. The van der Waals surface area contributed by atoms with E-state index in [2.05, 4.69) is 24.2 Å². The molecule has 0 aromatic heterocycles. The summed E-state index contributed by atoms with van der Waals surface area (Å²) in [6, 6.07) is 6.96. The number of sulfonamides is 1. The second-order valence-electron chi connectivity index (χ2n) is 5.66. The second-order valence-corrected chi connectivity index (χ2v) is 7.22. The summed E-state index contributed by atoms with van der Waals surface area (Å²) < 4.78 is 22.4. The van der Waals surface area contributed by atoms with E-state index in [-0.39, 0.29) is 10.9 Å². The van der Waals surface area contributed by atoms with Gasteiger partial charge in [0.25, 0.3) is 0 Å².